The maximum absolute atomic E-state index is 10.8. The summed E-state index contributed by atoms with van der Waals surface area (Å²) in [4.78, 5) is 31.9. The van der Waals surface area contributed by atoms with E-state index < -0.39 is 32.0 Å². The van der Waals surface area contributed by atoms with Gasteiger partial charge in [0, 0.05) is 0 Å². The second-order valence-corrected chi connectivity index (χ2v) is 3.30. The van der Waals surface area contributed by atoms with E-state index in [2.05, 4.69) is 9.47 Å². The van der Waals surface area contributed by atoms with Gasteiger partial charge in [0.1, 0.15) is 6.42 Å². The molecule has 74 valence electrons. The number of carbonyl (C=O) groups excluding carboxylic acids is 2. The van der Waals surface area contributed by atoms with Crippen LogP contribution in [-0.4, -0.2) is 31.8 Å². The van der Waals surface area contributed by atoms with Gasteiger partial charge in [0.25, 0.3) is 5.66 Å². The third-order valence-corrected chi connectivity index (χ3v) is 2.22. The van der Waals surface area contributed by atoms with Gasteiger partial charge in [-0.2, -0.15) is 0 Å². The van der Waals surface area contributed by atoms with Crippen LogP contribution in [0.1, 0.15) is 6.42 Å². The molecule has 0 radical (unpaired) electrons. The molecule has 0 saturated carbocycles. The van der Waals surface area contributed by atoms with Crippen LogP contribution in [0.15, 0.2) is 0 Å². The molecule has 14 heavy (non-hydrogen) atoms. The number of methoxy groups -OCH3 is 2. The SMILES string of the molecule is COC(=O)CC(C(=O)OC)[P+](=O)[O-].[Na+]. The van der Waals surface area contributed by atoms with Gasteiger partial charge in [0.2, 0.25) is 0 Å². The van der Waals surface area contributed by atoms with E-state index in [1.165, 1.54) is 0 Å². The molecule has 0 rings (SSSR count). The third kappa shape index (κ3) is 5.67. The van der Waals surface area contributed by atoms with Crippen molar-refractivity contribution < 1.29 is 58.1 Å². The Kier molecular flexibility index (Phi) is 9.76. The molecule has 0 spiro atoms. The second-order valence-electron chi connectivity index (χ2n) is 2.10. The van der Waals surface area contributed by atoms with Crippen molar-refractivity contribution in [1.29, 1.82) is 0 Å². The van der Waals surface area contributed by atoms with Crippen LogP contribution in [0.2, 0.25) is 0 Å². The predicted octanol–water partition coefficient (Wildman–Crippen LogP) is -3.80. The second kappa shape index (κ2) is 8.32. The summed E-state index contributed by atoms with van der Waals surface area (Å²) >= 11 is 0. The largest absolute Gasteiger partial charge is 1.00 e. The van der Waals surface area contributed by atoms with E-state index in [-0.39, 0.29) is 29.6 Å². The van der Waals surface area contributed by atoms with Gasteiger partial charge in [-0.3, -0.25) is 4.79 Å². The summed E-state index contributed by atoms with van der Waals surface area (Å²) in [5, 5.41) is 0. The molecule has 2 atom stereocenters. The Morgan fingerprint density at radius 2 is 1.86 bits per heavy atom. The van der Waals surface area contributed by atoms with Gasteiger partial charge in [0.15, 0.2) is 0 Å². The maximum Gasteiger partial charge on any atom is 1.00 e. The third-order valence-electron chi connectivity index (χ3n) is 1.32. The van der Waals surface area contributed by atoms with E-state index in [1.54, 1.807) is 0 Å². The van der Waals surface area contributed by atoms with Gasteiger partial charge < -0.3 is 14.4 Å². The van der Waals surface area contributed by atoms with Crippen LogP contribution >= 0.6 is 8.03 Å². The zero-order valence-corrected chi connectivity index (χ0v) is 11.1. The molecule has 0 aliphatic carbocycles. The molecule has 0 aliphatic heterocycles. The van der Waals surface area contributed by atoms with Crippen molar-refractivity contribution in [3.05, 3.63) is 0 Å². The molecule has 0 heterocycles. The molecule has 0 fully saturated rings. The van der Waals surface area contributed by atoms with Crippen molar-refractivity contribution >= 4 is 20.0 Å². The molecule has 8 heteroatoms. The topological polar surface area (TPSA) is 92.7 Å². The van der Waals surface area contributed by atoms with Crippen LogP contribution in [-0.2, 0) is 23.6 Å². The fourth-order valence-electron chi connectivity index (χ4n) is 0.621. The molecular formula is C6H9NaO6P+. The zero-order valence-electron chi connectivity index (χ0n) is 8.18. The van der Waals surface area contributed by atoms with Crippen LogP contribution in [0.25, 0.3) is 0 Å². The average Bonchev–Trinajstić information content (AvgIpc) is 2.11. The quantitative estimate of drug-likeness (QED) is 0.280. The minimum absolute atomic E-state index is 0. The van der Waals surface area contributed by atoms with Crippen LogP contribution < -0.4 is 34.5 Å². The Labute approximate surface area is 104 Å². The Morgan fingerprint density at radius 1 is 1.36 bits per heavy atom. The van der Waals surface area contributed by atoms with Gasteiger partial charge in [-0.15, -0.1) is 0 Å². The van der Waals surface area contributed by atoms with Gasteiger partial charge >= 0.3 is 49.5 Å². The number of rotatable bonds is 4. The normalized spacial score (nSPS) is 12.1. The van der Waals surface area contributed by atoms with Crippen molar-refractivity contribution in [3.8, 4) is 0 Å². The Balaban J connectivity index is 0. The average molecular weight is 231 g/mol. The van der Waals surface area contributed by atoms with E-state index in [4.69, 9.17) is 0 Å². The molecule has 0 bridgehead atoms. The molecule has 0 aromatic carbocycles. The number of ether oxygens (including phenoxy) is 2. The summed E-state index contributed by atoms with van der Waals surface area (Å²) in [6.45, 7) is 0. The first-order valence-corrected chi connectivity index (χ1v) is 4.55. The molecule has 0 aromatic heterocycles. The molecule has 0 aromatic rings. The monoisotopic (exact) mass is 231 g/mol. The minimum Gasteiger partial charge on any atom is -0.595 e. The fraction of sp³-hybridized carbons (Fsp3) is 0.667. The Hall–Kier alpha value is 0. The van der Waals surface area contributed by atoms with Crippen LogP contribution in [0.5, 0.6) is 0 Å². The number of carbonyl (C=O) groups is 2. The van der Waals surface area contributed by atoms with E-state index in [0.29, 0.717) is 0 Å². The van der Waals surface area contributed by atoms with Crippen LogP contribution in [0.3, 0.4) is 0 Å². The standard InChI is InChI=1S/C6H9O6P.Na/c1-11-5(7)3-4(13(9)10)6(8)12-2;/h4H,3H2,1-2H3;/q;+1. The Bertz CT molecular complexity index is 230. The summed E-state index contributed by atoms with van der Waals surface area (Å²) in [5.41, 5.74) is -1.45. The molecular weight excluding hydrogens is 222 g/mol. The van der Waals surface area contributed by atoms with E-state index in [1.807, 2.05) is 0 Å². The smallest absolute Gasteiger partial charge is 0.595 e. The number of hydrogen-bond donors (Lipinski definition) is 0. The molecule has 0 amide bonds. The fourth-order valence-corrected chi connectivity index (χ4v) is 1.20. The van der Waals surface area contributed by atoms with Crippen molar-refractivity contribution in [2.45, 2.75) is 12.1 Å². The van der Waals surface area contributed by atoms with Gasteiger partial charge in [0.05, 0.1) is 14.2 Å². The van der Waals surface area contributed by atoms with E-state index in [0.717, 1.165) is 14.2 Å². The van der Waals surface area contributed by atoms with Crippen LogP contribution in [0, 0.1) is 0 Å². The van der Waals surface area contributed by atoms with Gasteiger partial charge in [-0.05, 0) is 0 Å². The molecule has 0 aliphatic rings. The molecule has 0 saturated heterocycles. The van der Waals surface area contributed by atoms with E-state index in [9.17, 15) is 19.0 Å². The summed E-state index contributed by atoms with van der Waals surface area (Å²) in [7, 11) is -0.870. The summed E-state index contributed by atoms with van der Waals surface area (Å²) in [6, 6.07) is 0. The first-order valence-electron chi connectivity index (χ1n) is 3.31. The first kappa shape index (κ1) is 16.4. The maximum atomic E-state index is 10.8. The van der Waals surface area contributed by atoms with Crippen molar-refractivity contribution in [3.63, 3.8) is 0 Å². The summed E-state index contributed by atoms with van der Waals surface area (Å²) < 4.78 is 18.9. The van der Waals surface area contributed by atoms with Crippen molar-refractivity contribution in [1.82, 2.24) is 0 Å². The molecule has 2 unspecified atom stereocenters. The summed E-state index contributed by atoms with van der Waals surface area (Å²) in [6.07, 6.45) is -0.512. The first-order chi connectivity index (χ1) is 6.02. The van der Waals surface area contributed by atoms with Gasteiger partial charge in [-0.1, -0.05) is 4.57 Å². The molecule has 6 nitrogen and oxygen atoms in total. The van der Waals surface area contributed by atoms with Crippen molar-refractivity contribution in [2.75, 3.05) is 14.2 Å². The zero-order chi connectivity index (χ0) is 10.4. The van der Waals surface area contributed by atoms with Gasteiger partial charge in [-0.25, -0.2) is 4.79 Å². The Morgan fingerprint density at radius 3 is 2.14 bits per heavy atom. The number of hydrogen-bond acceptors (Lipinski definition) is 6. The van der Waals surface area contributed by atoms with Crippen LogP contribution in [0.4, 0.5) is 0 Å². The van der Waals surface area contributed by atoms with Crippen molar-refractivity contribution in [2.24, 2.45) is 0 Å². The minimum atomic E-state index is -3.02. The van der Waals surface area contributed by atoms with E-state index >= 15 is 0 Å². The number of esters is 2. The predicted molar refractivity (Wildman–Crippen MR) is 40.0 cm³/mol. The molecule has 0 N–H and O–H groups in total. The summed E-state index contributed by atoms with van der Waals surface area (Å²) in [5.74, 6) is -1.73.